The van der Waals surface area contributed by atoms with Gasteiger partial charge >= 0.3 is 0 Å². The van der Waals surface area contributed by atoms with Crippen molar-refractivity contribution in [3.8, 4) is 11.4 Å². The molecule has 0 bridgehead atoms. The van der Waals surface area contributed by atoms with Gasteiger partial charge in [0.25, 0.3) is 0 Å². The van der Waals surface area contributed by atoms with E-state index in [-0.39, 0.29) is 29.4 Å². The first kappa shape index (κ1) is 24.7. The van der Waals surface area contributed by atoms with Gasteiger partial charge in [0, 0.05) is 25.2 Å². The van der Waals surface area contributed by atoms with Crippen LogP contribution in [0.4, 0.5) is 14.6 Å². The zero-order valence-electron chi connectivity index (χ0n) is 19.7. The van der Waals surface area contributed by atoms with Crippen LogP contribution < -0.4 is 10.6 Å². The zero-order valence-corrected chi connectivity index (χ0v) is 19.7. The Morgan fingerprint density at radius 2 is 1.81 bits per heavy atom. The molecule has 0 spiro atoms. The van der Waals surface area contributed by atoms with E-state index < -0.39 is 36.2 Å². The molecule has 1 saturated heterocycles. The summed E-state index contributed by atoms with van der Waals surface area (Å²) in [5.74, 6) is -1.64. The first-order valence-corrected chi connectivity index (χ1v) is 11.5. The van der Waals surface area contributed by atoms with Crippen LogP contribution in [0.25, 0.3) is 22.6 Å². The molecule has 1 amide bonds. The van der Waals surface area contributed by atoms with Crippen LogP contribution in [-0.2, 0) is 16.1 Å². The highest BCUT2D eigenvalue weighted by molar-refractivity contribution is 5.85. The standard InChI is InChI=1S/C25H24F2N6O4/c1-28-18(34)10-17-20(35)21(36)25(37-17)33-12-30-19-23(29-11-13-5-3-2-4-6-13)31-22(32-24(19)33)14-7-15(26)9-16(27)8-14/h2-9,12,17,20-21,25,35-36H,10-11H2,1H3,(H,28,34)(H,29,31,32)/t17-,20+,21+,25+/m0/s1. The lowest BCUT2D eigenvalue weighted by molar-refractivity contribution is -0.125. The van der Waals surface area contributed by atoms with E-state index in [1.54, 1.807) is 0 Å². The SMILES string of the molecule is CNC(=O)C[C@@H]1O[C@@H](n2cnc3c(NCc4ccccc4)nc(-c4cc(F)cc(F)c4)nc32)[C@H](O)[C@@H]1O. The van der Waals surface area contributed by atoms with Gasteiger partial charge in [0.2, 0.25) is 5.91 Å². The Kier molecular flexibility index (Phi) is 6.78. The van der Waals surface area contributed by atoms with Crippen molar-refractivity contribution < 1.29 is 28.5 Å². The highest BCUT2D eigenvalue weighted by atomic mass is 19.1. The van der Waals surface area contributed by atoms with Gasteiger partial charge in [0.15, 0.2) is 29.0 Å². The maximum atomic E-state index is 14.0. The van der Waals surface area contributed by atoms with Crippen LogP contribution in [-0.4, -0.2) is 61.0 Å². The second-order valence-electron chi connectivity index (χ2n) is 8.64. The number of aliphatic hydroxyl groups is 2. The fourth-order valence-electron chi connectivity index (χ4n) is 4.23. The van der Waals surface area contributed by atoms with Gasteiger partial charge in [-0.25, -0.2) is 23.7 Å². The number of anilines is 1. The predicted octanol–water partition coefficient (Wildman–Crippen LogP) is 2.14. The summed E-state index contributed by atoms with van der Waals surface area (Å²) >= 11 is 0. The molecule has 4 aromatic rings. The van der Waals surface area contributed by atoms with E-state index >= 15 is 0 Å². The third-order valence-corrected chi connectivity index (χ3v) is 6.12. The lowest BCUT2D eigenvalue weighted by atomic mass is 10.1. The Morgan fingerprint density at radius 1 is 1.08 bits per heavy atom. The van der Waals surface area contributed by atoms with E-state index in [0.29, 0.717) is 17.9 Å². The Morgan fingerprint density at radius 3 is 2.51 bits per heavy atom. The number of nitrogens with one attached hydrogen (secondary N) is 2. The molecule has 1 aliphatic heterocycles. The molecule has 1 aliphatic rings. The fourth-order valence-corrected chi connectivity index (χ4v) is 4.23. The molecular weight excluding hydrogens is 486 g/mol. The number of carbonyl (C=O) groups excluding carboxylic acids is 1. The second-order valence-corrected chi connectivity index (χ2v) is 8.64. The lowest BCUT2D eigenvalue weighted by Crippen LogP contribution is -2.34. The van der Waals surface area contributed by atoms with E-state index in [0.717, 1.165) is 23.8 Å². The van der Waals surface area contributed by atoms with Gasteiger partial charge < -0.3 is 25.6 Å². The van der Waals surface area contributed by atoms with Crippen molar-refractivity contribution in [2.24, 2.45) is 0 Å². The van der Waals surface area contributed by atoms with E-state index in [2.05, 4.69) is 25.6 Å². The van der Waals surface area contributed by atoms with Gasteiger partial charge in [0.1, 0.15) is 23.8 Å². The summed E-state index contributed by atoms with van der Waals surface area (Å²) in [7, 11) is 1.46. The van der Waals surface area contributed by atoms with Gasteiger partial charge in [0.05, 0.1) is 18.9 Å². The number of carbonyl (C=O) groups is 1. The Balaban J connectivity index is 1.57. The normalized spacial score (nSPS) is 21.3. The summed E-state index contributed by atoms with van der Waals surface area (Å²) in [5.41, 5.74) is 1.57. The van der Waals surface area contributed by atoms with Gasteiger partial charge in [-0.05, 0) is 17.7 Å². The van der Waals surface area contributed by atoms with E-state index in [1.165, 1.54) is 17.9 Å². The number of hydrogen-bond donors (Lipinski definition) is 4. The topological polar surface area (TPSA) is 134 Å². The van der Waals surface area contributed by atoms with Crippen molar-refractivity contribution in [2.45, 2.75) is 37.5 Å². The van der Waals surface area contributed by atoms with Crippen LogP contribution in [0.5, 0.6) is 0 Å². The van der Waals surface area contributed by atoms with Crippen LogP contribution in [0.3, 0.4) is 0 Å². The van der Waals surface area contributed by atoms with Crippen LogP contribution in [0, 0.1) is 11.6 Å². The number of halogens is 2. The van der Waals surface area contributed by atoms with Gasteiger partial charge in [-0.2, -0.15) is 0 Å². The molecule has 3 heterocycles. The summed E-state index contributed by atoms with van der Waals surface area (Å²) in [5, 5.41) is 26.8. The van der Waals surface area contributed by atoms with Crippen molar-refractivity contribution >= 4 is 22.9 Å². The predicted molar refractivity (Wildman–Crippen MR) is 129 cm³/mol. The van der Waals surface area contributed by atoms with Crippen molar-refractivity contribution in [2.75, 3.05) is 12.4 Å². The quantitative estimate of drug-likeness (QED) is 0.297. The maximum absolute atomic E-state index is 14.0. The molecule has 192 valence electrons. The number of nitrogens with zero attached hydrogens (tertiary/aromatic N) is 4. The Labute approximate surface area is 210 Å². The minimum absolute atomic E-state index is 0.0122. The number of fused-ring (bicyclic) bond motifs is 1. The third kappa shape index (κ3) is 4.99. The number of aliphatic hydroxyl groups excluding tert-OH is 2. The van der Waals surface area contributed by atoms with Crippen molar-refractivity contribution in [3.05, 3.63) is 72.1 Å². The molecule has 4 N–H and O–H groups in total. The van der Waals surface area contributed by atoms with Crippen LogP contribution in [0.15, 0.2) is 54.9 Å². The number of aromatic nitrogens is 4. The summed E-state index contributed by atoms with van der Waals surface area (Å²) in [6.45, 7) is 0.381. The number of hydrogen-bond acceptors (Lipinski definition) is 8. The van der Waals surface area contributed by atoms with Gasteiger partial charge in [-0.3, -0.25) is 9.36 Å². The molecule has 10 nitrogen and oxygen atoms in total. The molecule has 5 rings (SSSR count). The fraction of sp³-hybridized carbons (Fsp3) is 0.280. The monoisotopic (exact) mass is 510 g/mol. The minimum Gasteiger partial charge on any atom is -0.388 e. The maximum Gasteiger partial charge on any atom is 0.222 e. The van der Waals surface area contributed by atoms with Crippen molar-refractivity contribution in [1.82, 2.24) is 24.8 Å². The summed E-state index contributed by atoms with van der Waals surface area (Å²) in [4.78, 5) is 25.1. The van der Waals surface area contributed by atoms with Crippen LogP contribution in [0.2, 0.25) is 0 Å². The molecule has 12 heteroatoms. The molecule has 2 aromatic heterocycles. The molecule has 0 aliphatic carbocycles. The highest BCUT2D eigenvalue weighted by Crippen LogP contribution is 2.34. The highest BCUT2D eigenvalue weighted by Gasteiger charge is 2.45. The minimum atomic E-state index is -1.39. The number of amides is 1. The van der Waals surface area contributed by atoms with Gasteiger partial charge in [-0.1, -0.05) is 30.3 Å². The van der Waals surface area contributed by atoms with E-state index in [4.69, 9.17) is 4.74 Å². The number of benzene rings is 2. The molecule has 1 fully saturated rings. The Hall–Kier alpha value is -4.00. The molecule has 0 radical (unpaired) electrons. The number of imidazole rings is 1. The first-order valence-electron chi connectivity index (χ1n) is 11.5. The lowest BCUT2D eigenvalue weighted by Gasteiger charge is -2.17. The Bertz CT molecular complexity index is 1410. The zero-order chi connectivity index (χ0) is 26.1. The summed E-state index contributed by atoms with van der Waals surface area (Å²) < 4.78 is 35.2. The number of rotatable bonds is 7. The molecule has 37 heavy (non-hydrogen) atoms. The average Bonchev–Trinajstić information content (AvgIpc) is 3.43. The summed E-state index contributed by atoms with van der Waals surface area (Å²) in [6.07, 6.45) is -3.61. The van der Waals surface area contributed by atoms with Crippen LogP contribution >= 0.6 is 0 Å². The summed E-state index contributed by atoms with van der Waals surface area (Å²) in [6, 6.07) is 12.5. The molecule has 2 aromatic carbocycles. The van der Waals surface area contributed by atoms with Crippen molar-refractivity contribution in [1.29, 1.82) is 0 Å². The van der Waals surface area contributed by atoms with Gasteiger partial charge in [-0.15, -0.1) is 0 Å². The van der Waals surface area contributed by atoms with Crippen LogP contribution in [0.1, 0.15) is 18.2 Å². The number of ether oxygens (including phenoxy) is 1. The second kappa shape index (κ2) is 10.2. The first-order chi connectivity index (χ1) is 17.8. The average molecular weight is 511 g/mol. The van der Waals surface area contributed by atoms with Crippen molar-refractivity contribution in [3.63, 3.8) is 0 Å². The van der Waals surface area contributed by atoms with E-state index in [9.17, 15) is 23.8 Å². The molecule has 0 unspecified atom stereocenters. The molecule has 0 saturated carbocycles. The third-order valence-electron chi connectivity index (χ3n) is 6.12. The molecule has 4 atom stereocenters. The smallest absolute Gasteiger partial charge is 0.222 e. The molecular formula is C25H24F2N6O4. The largest absolute Gasteiger partial charge is 0.388 e. The van der Waals surface area contributed by atoms with E-state index in [1.807, 2.05) is 30.3 Å².